The van der Waals surface area contributed by atoms with Gasteiger partial charge in [0.05, 0.1) is 22.6 Å². The minimum absolute atomic E-state index is 0.0299. The number of hydrogen-bond donors (Lipinski definition) is 2. The molecule has 0 amide bonds. The maximum atomic E-state index is 12.3. The topological polar surface area (TPSA) is 87.7 Å². The summed E-state index contributed by atoms with van der Waals surface area (Å²) in [6, 6.07) is 3.95. The molecule has 1 aromatic carbocycles. The van der Waals surface area contributed by atoms with Crippen LogP contribution >= 0.6 is 11.6 Å². The van der Waals surface area contributed by atoms with E-state index in [1.165, 1.54) is 25.3 Å². The highest BCUT2D eigenvalue weighted by molar-refractivity contribution is 7.89. The first-order valence-electron chi connectivity index (χ1n) is 7.74. The van der Waals surface area contributed by atoms with Crippen LogP contribution in [-0.4, -0.2) is 65.7 Å². The third-order valence-corrected chi connectivity index (χ3v) is 5.58. The summed E-state index contributed by atoms with van der Waals surface area (Å²) in [5.41, 5.74) is 0.136. The van der Waals surface area contributed by atoms with Crippen molar-refractivity contribution < 1.29 is 17.9 Å². The molecule has 1 aromatic rings. The molecular formula is C15H22ClN3O4S. The second kappa shape index (κ2) is 8.77. The van der Waals surface area contributed by atoms with E-state index in [9.17, 15) is 13.2 Å². The Morgan fingerprint density at radius 3 is 2.71 bits per heavy atom. The molecule has 2 N–H and O–H groups in total. The first-order chi connectivity index (χ1) is 11.4. The molecule has 0 radical (unpaired) electrons. The lowest BCUT2D eigenvalue weighted by Gasteiger charge is -2.27. The molecule has 0 spiro atoms. The van der Waals surface area contributed by atoms with Gasteiger partial charge in [0.2, 0.25) is 10.0 Å². The van der Waals surface area contributed by atoms with Gasteiger partial charge in [-0.05, 0) is 31.2 Å². The van der Waals surface area contributed by atoms with Crippen LogP contribution < -0.4 is 10.0 Å². The average Bonchev–Trinajstić information content (AvgIpc) is 2.59. The summed E-state index contributed by atoms with van der Waals surface area (Å²) in [7, 11) is -2.41. The van der Waals surface area contributed by atoms with E-state index in [1.54, 1.807) is 0 Å². The number of sulfonamides is 1. The third kappa shape index (κ3) is 5.15. The molecule has 0 atom stereocenters. The van der Waals surface area contributed by atoms with E-state index in [1.807, 2.05) is 0 Å². The van der Waals surface area contributed by atoms with Gasteiger partial charge in [0, 0.05) is 32.7 Å². The maximum Gasteiger partial charge on any atom is 0.339 e. The fraction of sp³-hybridized carbons (Fsp3) is 0.533. The first-order valence-corrected chi connectivity index (χ1v) is 9.61. The van der Waals surface area contributed by atoms with E-state index in [0.29, 0.717) is 6.54 Å². The van der Waals surface area contributed by atoms with Crippen LogP contribution in [0.4, 0.5) is 0 Å². The van der Waals surface area contributed by atoms with Crippen LogP contribution in [0, 0.1) is 0 Å². The third-order valence-electron chi connectivity index (χ3n) is 3.81. The van der Waals surface area contributed by atoms with Crippen LogP contribution in [0.2, 0.25) is 5.02 Å². The minimum atomic E-state index is -3.65. The van der Waals surface area contributed by atoms with E-state index in [4.69, 9.17) is 11.6 Å². The Kier molecular flexibility index (Phi) is 7.00. The number of nitrogens with one attached hydrogen (secondary N) is 2. The van der Waals surface area contributed by atoms with Gasteiger partial charge in [-0.2, -0.15) is 0 Å². The molecular weight excluding hydrogens is 354 g/mol. The van der Waals surface area contributed by atoms with Gasteiger partial charge < -0.3 is 15.0 Å². The second-order valence-corrected chi connectivity index (χ2v) is 7.65. The molecule has 0 aromatic heterocycles. The number of piperazine rings is 1. The number of nitrogens with zero attached hydrogens (tertiary/aromatic N) is 1. The maximum absolute atomic E-state index is 12.3. The predicted octanol–water partition coefficient (Wildman–Crippen LogP) is 0.700. The van der Waals surface area contributed by atoms with Crippen LogP contribution in [0.5, 0.6) is 0 Å². The lowest BCUT2D eigenvalue weighted by Crippen LogP contribution is -2.44. The first kappa shape index (κ1) is 19.1. The van der Waals surface area contributed by atoms with E-state index < -0.39 is 16.0 Å². The zero-order chi connectivity index (χ0) is 17.6. The van der Waals surface area contributed by atoms with E-state index in [2.05, 4.69) is 19.7 Å². The van der Waals surface area contributed by atoms with Gasteiger partial charge in [-0.3, -0.25) is 0 Å². The Morgan fingerprint density at radius 2 is 2.08 bits per heavy atom. The number of hydrogen-bond acceptors (Lipinski definition) is 6. The summed E-state index contributed by atoms with van der Waals surface area (Å²) < 4.78 is 31.7. The summed E-state index contributed by atoms with van der Waals surface area (Å²) in [4.78, 5) is 13.8. The molecule has 0 unspecified atom stereocenters. The van der Waals surface area contributed by atoms with Crippen LogP contribution in [0.25, 0.3) is 0 Å². The van der Waals surface area contributed by atoms with E-state index in [0.717, 1.165) is 39.1 Å². The Labute approximate surface area is 147 Å². The van der Waals surface area contributed by atoms with Crippen molar-refractivity contribution in [2.24, 2.45) is 0 Å². The number of benzene rings is 1. The van der Waals surface area contributed by atoms with Crippen molar-refractivity contribution in [3.05, 3.63) is 28.8 Å². The van der Waals surface area contributed by atoms with Gasteiger partial charge in [0.1, 0.15) is 0 Å². The molecule has 24 heavy (non-hydrogen) atoms. The molecule has 0 saturated carbocycles. The zero-order valence-corrected chi connectivity index (χ0v) is 15.1. The van der Waals surface area contributed by atoms with Crippen molar-refractivity contribution >= 4 is 27.6 Å². The number of ether oxygens (including phenoxy) is 1. The van der Waals surface area contributed by atoms with Crippen molar-refractivity contribution in [3.63, 3.8) is 0 Å². The number of carbonyl (C=O) groups excluding carboxylic acids is 1. The normalized spacial score (nSPS) is 16.1. The summed E-state index contributed by atoms with van der Waals surface area (Å²) in [5, 5.41) is 3.32. The van der Waals surface area contributed by atoms with Crippen LogP contribution in [0.3, 0.4) is 0 Å². The second-order valence-electron chi connectivity index (χ2n) is 5.48. The highest BCUT2D eigenvalue weighted by Gasteiger charge is 2.18. The molecule has 1 saturated heterocycles. The molecule has 1 heterocycles. The minimum Gasteiger partial charge on any atom is -0.465 e. The van der Waals surface area contributed by atoms with E-state index >= 15 is 0 Å². The Morgan fingerprint density at radius 1 is 1.38 bits per heavy atom. The number of halogens is 1. The lowest BCUT2D eigenvalue weighted by atomic mass is 10.2. The van der Waals surface area contributed by atoms with Gasteiger partial charge in [-0.15, -0.1) is 0 Å². The predicted molar refractivity (Wildman–Crippen MR) is 91.9 cm³/mol. The highest BCUT2D eigenvalue weighted by atomic mass is 35.5. The van der Waals surface area contributed by atoms with Gasteiger partial charge in [-0.25, -0.2) is 17.9 Å². The van der Waals surface area contributed by atoms with Gasteiger partial charge in [0.15, 0.2) is 0 Å². The highest BCUT2D eigenvalue weighted by Crippen LogP contribution is 2.21. The molecule has 1 aliphatic rings. The van der Waals surface area contributed by atoms with Crippen molar-refractivity contribution in [3.8, 4) is 0 Å². The SMILES string of the molecule is COC(=O)c1ccc(S(=O)(=O)NCCCN2CCNCC2)cc1Cl. The Hall–Kier alpha value is -1.19. The van der Waals surface area contributed by atoms with Crippen LogP contribution in [-0.2, 0) is 14.8 Å². The Balaban J connectivity index is 1.90. The smallest absolute Gasteiger partial charge is 0.339 e. The molecule has 2 rings (SSSR count). The van der Waals surface area contributed by atoms with Gasteiger partial charge >= 0.3 is 5.97 Å². The fourth-order valence-electron chi connectivity index (χ4n) is 2.47. The van der Waals surface area contributed by atoms with Gasteiger partial charge in [-0.1, -0.05) is 11.6 Å². The number of carbonyl (C=O) groups is 1. The molecule has 0 aliphatic carbocycles. The summed E-state index contributed by atoms with van der Waals surface area (Å²) >= 11 is 5.97. The van der Waals surface area contributed by atoms with Gasteiger partial charge in [0.25, 0.3) is 0 Å². The van der Waals surface area contributed by atoms with Crippen molar-refractivity contribution in [2.45, 2.75) is 11.3 Å². The molecule has 9 heteroatoms. The monoisotopic (exact) mass is 375 g/mol. The fourth-order valence-corrected chi connectivity index (χ4v) is 3.89. The molecule has 1 aliphatic heterocycles. The average molecular weight is 376 g/mol. The summed E-state index contributed by atoms with van der Waals surface area (Å²) in [5.74, 6) is -0.604. The van der Waals surface area contributed by atoms with Crippen LogP contribution in [0.15, 0.2) is 23.1 Å². The number of methoxy groups -OCH3 is 1. The Bertz CT molecular complexity index is 675. The largest absolute Gasteiger partial charge is 0.465 e. The molecule has 1 fully saturated rings. The van der Waals surface area contributed by atoms with E-state index in [-0.39, 0.29) is 15.5 Å². The molecule has 134 valence electrons. The zero-order valence-electron chi connectivity index (χ0n) is 13.5. The standard InChI is InChI=1S/C15H22ClN3O4S/c1-23-15(20)13-4-3-12(11-14(13)16)24(21,22)18-5-2-8-19-9-6-17-7-10-19/h3-4,11,17-18H,2,5-10H2,1H3. The quantitative estimate of drug-likeness (QED) is 0.539. The number of rotatable bonds is 7. The van der Waals surface area contributed by atoms with Crippen molar-refractivity contribution in [2.75, 3.05) is 46.4 Å². The number of esters is 1. The summed E-state index contributed by atoms with van der Waals surface area (Å²) in [6.07, 6.45) is 0.729. The van der Waals surface area contributed by atoms with Crippen molar-refractivity contribution in [1.29, 1.82) is 0 Å². The van der Waals surface area contributed by atoms with Crippen LogP contribution in [0.1, 0.15) is 16.8 Å². The molecule has 0 bridgehead atoms. The lowest BCUT2D eigenvalue weighted by molar-refractivity contribution is 0.0601. The van der Waals surface area contributed by atoms with Crippen molar-refractivity contribution in [1.82, 2.24) is 14.9 Å². The summed E-state index contributed by atoms with van der Waals surface area (Å²) in [6.45, 7) is 5.11. The molecule has 7 nitrogen and oxygen atoms in total.